The molecule has 2 aromatic rings. The van der Waals surface area contributed by atoms with Crippen LogP contribution in [0.4, 0.5) is 0 Å². The first-order valence-corrected chi connectivity index (χ1v) is 7.10. The Hall–Kier alpha value is -1.24. The molecule has 0 aliphatic rings. The van der Waals surface area contributed by atoms with Crippen LogP contribution in [0, 0.1) is 0 Å². The number of rotatable bonds is 6. The number of nitrogens with zero attached hydrogens (tertiary/aromatic N) is 2. The average Bonchev–Trinajstić information content (AvgIpc) is 2.48. The van der Waals surface area contributed by atoms with Gasteiger partial charge in [-0.15, -0.1) is 24.8 Å². The van der Waals surface area contributed by atoms with Crippen molar-refractivity contribution in [2.45, 2.75) is 31.8 Å². The van der Waals surface area contributed by atoms with Gasteiger partial charge in [0.25, 0.3) is 0 Å². The van der Waals surface area contributed by atoms with Crippen molar-refractivity contribution in [1.82, 2.24) is 9.97 Å². The Morgan fingerprint density at radius 2 is 1.39 bits per heavy atom. The Labute approximate surface area is 149 Å². The SMILES string of the molecule is CC(N)Cc1ccc(-c2ccc(CC(N)CO)cn2)nc1.Cl.Cl. The van der Waals surface area contributed by atoms with Gasteiger partial charge in [0.2, 0.25) is 0 Å². The zero-order valence-electron chi connectivity index (χ0n) is 13.1. The third-order valence-electron chi connectivity index (χ3n) is 3.20. The van der Waals surface area contributed by atoms with Crippen molar-refractivity contribution in [3.63, 3.8) is 0 Å². The molecular weight excluding hydrogens is 335 g/mol. The molecule has 2 rings (SSSR count). The van der Waals surface area contributed by atoms with Gasteiger partial charge in [0.1, 0.15) is 0 Å². The van der Waals surface area contributed by atoms with Crippen LogP contribution >= 0.6 is 24.8 Å². The van der Waals surface area contributed by atoms with E-state index in [0.717, 1.165) is 28.9 Å². The van der Waals surface area contributed by atoms with Crippen LogP contribution in [0.25, 0.3) is 11.4 Å². The fourth-order valence-electron chi connectivity index (χ4n) is 2.13. The third kappa shape index (κ3) is 6.81. The Morgan fingerprint density at radius 1 is 0.913 bits per heavy atom. The van der Waals surface area contributed by atoms with Gasteiger partial charge in [0.15, 0.2) is 0 Å². The van der Waals surface area contributed by atoms with Gasteiger partial charge in [-0.05, 0) is 43.0 Å². The molecule has 0 radical (unpaired) electrons. The molecule has 0 fully saturated rings. The van der Waals surface area contributed by atoms with Crippen LogP contribution in [0.5, 0.6) is 0 Å². The molecule has 0 saturated carbocycles. The van der Waals surface area contributed by atoms with Crippen LogP contribution in [0.3, 0.4) is 0 Å². The summed E-state index contributed by atoms with van der Waals surface area (Å²) in [5.74, 6) is 0. The van der Waals surface area contributed by atoms with Gasteiger partial charge in [0.05, 0.1) is 18.0 Å². The number of aromatic nitrogens is 2. The fourth-order valence-corrected chi connectivity index (χ4v) is 2.13. The Morgan fingerprint density at radius 3 is 1.74 bits per heavy atom. The first-order valence-electron chi connectivity index (χ1n) is 7.10. The highest BCUT2D eigenvalue weighted by molar-refractivity contribution is 5.85. The molecule has 0 saturated heterocycles. The molecule has 2 aromatic heterocycles. The monoisotopic (exact) mass is 358 g/mol. The Bertz CT molecular complexity index is 561. The Balaban J connectivity index is 0.00000242. The number of hydrogen-bond acceptors (Lipinski definition) is 5. The van der Waals surface area contributed by atoms with Crippen molar-refractivity contribution in [2.75, 3.05) is 6.61 Å². The summed E-state index contributed by atoms with van der Waals surface area (Å²) < 4.78 is 0. The predicted octanol–water partition coefficient (Wildman–Crippen LogP) is 1.74. The van der Waals surface area contributed by atoms with Crippen LogP contribution < -0.4 is 11.5 Å². The van der Waals surface area contributed by atoms with Crippen LogP contribution in [0.15, 0.2) is 36.7 Å². The molecule has 0 bridgehead atoms. The molecule has 2 unspecified atom stereocenters. The lowest BCUT2D eigenvalue weighted by atomic mass is 10.1. The van der Waals surface area contributed by atoms with Crippen molar-refractivity contribution >= 4 is 24.8 Å². The summed E-state index contributed by atoms with van der Waals surface area (Å²) in [7, 11) is 0. The topological polar surface area (TPSA) is 98.0 Å². The minimum Gasteiger partial charge on any atom is -0.395 e. The quantitative estimate of drug-likeness (QED) is 0.730. The maximum atomic E-state index is 8.95. The predicted molar refractivity (Wildman–Crippen MR) is 98.1 cm³/mol. The normalized spacial score (nSPS) is 12.7. The van der Waals surface area contributed by atoms with E-state index < -0.39 is 0 Å². The second-order valence-corrected chi connectivity index (χ2v) is 5.43. The summed E-state index contributed by atoms with van der Waals surface area (Å²) in [6, 6.07) is 7.77. The number of hydrogen-bond donors (Lipinski definition) is 3. The summed E-state index contributed by atoms with van der Waals surface area (Å²) in [6.45, 7) is 1.95. The molecule has 0 spiro atoms. The summed E-state index contributed by atoms with van der Waals surface area (Å²) in [6.07, 6.45) is 5.06. The van der Waals surface area contributed by atoms with E-state index in [4.69, 9.17) is 16.6 Å². The molecular formula is C16H24Cl2N4O. The van der Waals surface area contributed by atoms with Gasteiger partial charge in [-0.1, -0.05) is 12.1 Å². The van der Waals surface area contributed by atoms with Crippen LogP contribution in [0.2, 0.25) is 0 Å². The van der Waals surface area contributed by atoms with Crippen molar-refractivity contribution in [1.29, 1.82) is 0 Å². The molecule has 0 amide bonds. The molecule has 2 heterocycles. The van der Waals surface area contributed by atoms with E-state index in [1.165, 1.54) is 0 Å². The molecule has 2 atom stereocenters. The first kappa shape index (κ1) is 21.8. The highest BCUT2D eigenvalue weighted by Crippen LogP contribution is 2.15. The van der Waals surface area contributed by atoms with Gasteiger partial charge < -0.3 is 16.6 Å². The lowest BCUT2D eigenvalue weighted by Gasteiger charge is -2.08. The van der Waals surface area contributed by atoms with E-state index >= 15 is 0 Å². The van der Waals surface area contributed by atoms with E-state index in [9.17, 15) is 0 Å². The number of pyridine rings is 2. The van der Waals surface area contributed by atoms with Crippen molar-refractivity contribution in [2.24, 2.45) is 11.5 Å². The van der Waals surface area contributed by atoms with Gasteiger partial charge in [-0.3, -0.25) is 9.97 Å². The van der Waals surface area contributed by atoms with E-state index in [0.29, 0.717) is 6.42 Å². The van der Waals surface area contributed by atoms with Gasteiger partial charge >= 0.3 is 0 Å². The summed E-state index contributed by atoms with van der Waals surface area (Å²) in [5.41, 5.74) is 15.3. The van der Waals surface area contributed by atoms with E-state index in [1.54, 1.807) is 6.20 Å². The van der Waals surface area contributed by atoms with Crippen LogP contribution in [0.1, 0.15) is 18.1 Å². The van der Waals surface area contributed by atoms with Crippen LogP contribution in [-0.2, 0) is 12.8 Å². The van der Waals surface area contributed by atoms with Gasteiger partial charge in [0, 0.05) is 24.5 Å². The second kappa shape index (κ2) is 10.5. The number of aliphatic hydroxyl groups is 1. The van der Waals surface area contributed by atoms with Crippen molar-refractivity contribution < 1.29 is 5.11 Å². The van der Waals surface area contributed by atoms with E-state index in [-0.39, 0.29) is 43.5 Å². The fraction of sp³-hybridized carbons (Fsp3) is 0.375. The van der Waals surface area contributed by atoms with Gasteiger partial charge in [-0.25, -0.2) is 0 Å². The number of aliphatic hydroxyl groups excluding tert-OH is 1. The Kier molecular flexibility index (Phi) is 9.95. The third-order valence-corrected chi connectivity index (χ3v) is 3.20. The molecule has 5 N–H and O–H groups in total. The largest absolute Gasteiger partial charge is 0.395 e. The number of halogens is 2. The summed E-state index contributed by atoms with van der Waals surface area (Å²) in [5, 5.41) is 8.95. The molecule has 0 aliphatic carbocycles. The lowest BCUT2D eigenvalue weighted by Crippen LogP contribution is -2.26. The minimum absolute atomic E-state index is 0. The van der Waals surface area contributed by atoms with Crippen molar-refractivity contribution in [3.8, 4) is 11.4 Å². The maximum absolute atomic E-state index is 8.95. The zero-order valence-corrected chi connectivity index (χ0v) is 14.7. The molecule has 128 valence electrons. The summed E-state index contributed by atoms with van der Waals surface area (Å²) >= 11 is 0. The minimum atomic E-state index is -0.242. The van der Waals surface area contributed by atoms with Gasteiger partial charge in [-0.2, -0.15) is 0 Å². The van der Waals surface area contributed by atoms with Crippen molar-refractivity contribution in [3.05, 3.63) is 47.8 Å². The molecule has 5 nitrogen and oxygen atoms in total. The van der Waals surface area contributed by atoms with E-state index in [2.05, 4.69) is 9.97 Å². The second-order valence-electron chi connectivity index (χ2n) is 5.43. The highest BCUT2D eigenvalue weighted by atomic mass is 35.5. The average molecular weight is 359 g/mol. The standard InChI is InChI=1S/C16H22N4O.2ClH/c1-11(17)6-12-2-4-15(19-8-12)16-5-3-13(9-20-16)7-14(18)10-21;;/h2-5,8-9,11,14,21H,6-7,10,17-18H2,1H3;2*1H. The van der Waals surface area contributed by atoms with Crippen LogP contribution in [-0.4, -0.2) is 33.8 Å². The summed E-state index contributed by atoms with van der Waals surface area (Å²) in [4.78, 5) is 8.83. The molecule has 0 aromatic carbocycles. The zero-order chi connectivity index (χ0) is 15.2. The molecule has 7 heteroatoms. The smallest absolute Gasteiger partial charge is 0.0886 e. The molecule has 0 aliphatic heterocycles. The number of nitrogens with two attached hydrogens (primary N) is 2. The lowest BCUT2D eigenvalue weighted by molar-refractivity contribution is 0.265. The highest BCUT2D eigenvalue weighted by Gasteiger charge is 2.05. The molecule has 23 heavy (non-hydrogen) atoms. The first-order chi connectivity index (χ1) is 10.1. The maximum Gasteiger partial charge on any atom is 0.0886 e. The van der Waals surface area contributed by atoms with E-state index in [1.807, 2.05) is 37.4 Å².